The van der Waals surface area contributed by atoms with Crippen LogP contribution < -0.4 is 13.8 Å². The first-order valence-corrected chi connectivity index (χ1v) is 15.1. The first kappa shape index (κ1) is 25.6. The molecule has 10 nitrogen and oxygen atoms in total. The summed E-state index contributed by atoms with van der Waals surface area (Å²) in [6.07, 6.45) is 6.86. The van der Waals surface area contributed by atoms with Crippen molar-refractivity contribution in [1.82, 2.24) is 4.48 Å². The van der Waals surface area contributed by atoms with E-state index >= 15 is 0 Å². The molecule has 2 N–H and O–H groups in total. The fraction of sp³-hybridized carbons (Fsp3) is 0.320. The first-order chi connectivity index (χ1) is 17.6. The summed E-state index contributed by atoms with van der Waals surface area (Å²) in [6.45, 7) is 0.940. The van der Waals surface area contributed by atoms with Crippen molar-refractivity contribution in [3.8, 4) is 5.75 Å². The number of hydrogen-bond acceptors (Lipinski definition) is 6. The number of benzene rings is 2. The van der Waals surface area contributed by atoms with E-state index in [1.807, 2.05) is 47.0 Å². The standard InChI is InChI=1S/C25H26N2O8S2/c28-36(29,30)18-6-5-16-26-19-9-1-3-11-21(19)34-23(26)13-7-14-24-27(17-8-15-25(27)37(31,32)33)20-10-2-4-12-22(20)35-24/h1-4,7,9-14,25H,5-6,8,15-18H2/p+2. The molecule has 3 heterocycles. The van der Waals surface area contributed by atoms with Crippen LogP contribution in [0.4, 0.5) is 5.69 Å². The molecule has 0 saturated carbocycles. The average molecular weight is 549 g/mol. The summed E-state index contributed by atoms with van der Waals surface area (Å²) in [4.78, 5) is 0. The lowest BCUT2D eigenvalue weighted by molar-refractivity contribution is -0.678. The third kappa shape index (κ3) is 4.94. The molecule has 12 heteroatoms. The second-order valence-corrected chi connectivity index (χ2v) is 12.3. The van der Waals surface area contributed by atoms with Gasteiger partial charge < -0.3 is 9.15 Å². The van der Waals surface area contributed by atoms with Gasteiger partial charge in [-0.2, -0.15) is 21.4 Å². The van der Waals surface area contributed by atoms with Crippen LogP contribution in [0.15, 0.2) is 71.0 Å². The van der Waals surface area contributed by atoms with Crippen LogP contribution in [-0.2, 0) is 26.8 Å². The van der Waals surface area contributed by atoms with E-state index < -0.39 is 25.6 Å². The van der Waals surface area contributed by atoms with Gasteiger partial charge in [0.05, 0.1) is 18.4 Å². The van der Waals surface area contributed by atoms with E-state index in [4.69, 9.17) is 13.7 Å². The molecular formula is C25H28N2O8S2+2. The van der Waals surface area contributed by atoms with Gasteiger partial charge in [0, 0.05) is 37.5 Å². The van der Waals surface area contributed by atoms with Gasteiger partial charge in [0.1, 0.15) is 0 Å². The van der Waals surface area contributed by atoms with Gasteiger partial charge in [-0.1, -0.05) is 24.3 Å². The molecule has 2 aromatic carbocycles. The van der Waals surface area contributed by atoms with Crippen molar-refractivity contribution in [3.63, 3.8) is 0 Å². The van der Waals surface area contributed by atoms with Crippen molar-refractivity contribution < 1.29 is 39.7 Å². The van der Waals surface area contributed by atoms with Gasteiger partial charge in [-0.05, 0) is 24.6 Å². The molecule has 1 saturated heterocycles. The van der Waals surface area contributed by atoms with Crippen molar-refractivity contribution in [1.29, 1.82) is 0 Å². The van der Waals surface area contributed by atoms with Gasteiger partial charge in [0.2, 0.25) is 11.0 Å². The topological polar surface area (TPSA) is 135 Å². The fourth-order valence-corrected chi connectivity index (χ4v) is 7.12. The van der Waals surface area contributed by atoms with Crippen molar-refractivity contribution >= 4 is 43.1 Å². The minimum Gasteiger partial charge on any atom is -0.406 e. The number of nitrogens with zero attached hydrogens (tertiary/aromatic N) is 2. The highest BCUT2D eigenvalue weighted by atomic mass is 32.2. The first-order valence-electron chi connectivity index (χ1n) is 12.0. The fourth-order valence-electron chi connectivity index (χ4n) is 5.31. The van der Waals surface area contributed by atoms with E-state index in [1.54, 1.807) is 24.3 Å². The molecule has 37 heavy (non-hydrogen) atoms. The minimum atomic E-state index is -4.35. The summed E-state index contributed by atoms with van der Waals surface area (Å²) >= 11 is 0. The van der Waals surface area contributed by atoms with Crippen LogP contribution in [-0.4, -0.2) is 43.6 Å². The zero-order valence-electron chi connectivity index (χ0n) is 19.9. The Hall–Kier alpha value is -3.03. The molecular weight excluding hydrogens is 520 g/mol. The molecule has 5 rings (SSSR count). The molecule has 0 aliphatic carbocycles. The summed E-state index contributed by atoms with van der Waals surface area (Å²) in [7, 11) is -8.37. The van der Waals surface area contributed by atoms with Gasteiger partial charge in [-0.3, -0.25) is 9.11 Å². The van der Waals surface area contributed by atoms with E-state index in [1.165, 1.54) is 0 Å². The van der Waals surface area contributed by atoms with Crippen LogP contribution in [0.1, 0.15) is 31.6 Å². The second-order valence-electron chi connectivity index (χ2n) is 9.19. The lowest BCUT2D eigenvalue weighted by atomic mass is 10.2. The lowest BCUT2D eigenvalue weighted by Crippen LogP contribution is -2.53. The van der Waals surface area contributed by atoms with E-state index in [9.17, 15) is 21.4 Å². The predicted octanol–water partition coefficient (Wildman–Crippen LogP) is 3.65. The lowest BCUT2D eigenvalue weighted by Gasteiger charge is -2.31. The Bertz CT molecular complexity index is 1610. The van der Waals surface area contributed by atoms with Gasteiger partial charge in [0.25, 0.3) is 15.6 Å². The molecule has 1 aromatic heterocycles. The molecule has 0 bridgehead atoms. The summed E-state index contributed by atoms with van der Waals surface area (Å²) in [6, 6.07) is 14.7. The number of quaternary nitrogens is 1. The van der Waals surface area contributed by atoms with Crippen LogP contribution in [0.3, 0.4) is 0 Å². The number of allylic oxidation sites excluding steroid dienone is 2. The van der Waals surface area contributed by atoms with Gasteiger partial charge in [-0.25, -0.2) is 4.48 Å². The Morgan fingerprint density at radius 2 is 1.78 bits per heavy atom. The van der Waals surface area contributed by atoms with Gasteiger partial charge in [-0.15, -0.1) is 0 Å². The highest BCUT2D eigenvalue weighted by Gasteiger charge is 2.59. The summed E-state index contributed by atoms with van der Waals surface area (Å²) in [5.41, 5.74) is 2.18. The largest absolute Gasteiger partial charge is 0.406 e. The number of aryl methyl sites for hydroxylation is 1. The van der Waals surface area contributed by atoms with E-state index in [-0.39, 0.29) is 10.2 Å². The molecule has 196 valence electrons. The molecule has 2 unspecified atom stereocenters. The zero-order valence-corrected chi connectivity index (χ0v) is 21.6. The third-order valence-corrected chi connectivity index (χ3v) is 8.94. The number of hydrogen-bond donors (Lipinski definition) is 2. The SMILES string of the molecule is O=S(=O)(O)CCCC[n+]1c(C=CC=C2Oc3ccccc3[N+]23CCCC3S(=O)(=O)O)oc2ccccc21. The van der Waals surface area contributed by atoms with Crippen molar-refractivity contribution in [2.45, 2.75) is 37.6 Å². The minimum absolute atomic E-state index is 0.102. The van der Waals surface area contributed by atoms with Crippen LogP contribution in [0.25, 0.3) is 17.2 Å². The van der Waals surface area contributed by atoms with Crippen molar-refractivity contribution in [2.24, 2.45) is 0 Å². The molecule has 3 aromatic rings. The van der Waals surface area contributed by atoms with E-state index in [0.717, 1.165) is 5.52 Å². The Balaban J connectivity index is 1.48. The summed E-state index contributed by atoms with van der Waals surface area (Å²) < 4.78 is 79.8. The van der Waals surface area contributed by atoms with E-state index in [2.05, 4.69) is 0 Å². The summed E-state index contributed by atoms with van der Waals surface area (Å²) in [5, 5.41) is -1.06. The Morgan fingerprint density at radius 1 is 1.03 bits per heavy atom. The van der Waals surface area contributed by atoms with Crippen LogP contribution >= 0.6 is 0 Å². The van der Waals surface area contributed by atoms with Crippen LogP contribution in [0.5, 0.6) is 5.75 Å². The summed E-state index contributed by atoms with van der Waals surface area (Å²) in [5.74, 6) is 1.15. The predicted molar refractivity (Wildman–Crippen MR) is 137 cm³/mol. The van der Waals surface area contributed by atoms with Crippen molar-refractivity contribution in [3.05, 3.63) is 72.5 Å². The molecule has 1 spiro atoms. The third-order valence-electron chi connectivity index (χ3n) is 6.85. The molecule has 2 aliphatic heterocycles. The maximum absolute atomic E-state index is 12.3. The number of rotatable bonds is 8. The Kier molecular flexibility index (Phi) is 6.71. The van der Waals surface area contributed by atoms with E-state index in [0.29, 0.717) is 67.6 Å². The number of ether oxygens (including phenoxy) is 1. The number of aromatic nitrogens is 1. The number of para-hydroxylation sites is 4. The zero-order chi connectivity index (χ0) is 26.3. The smallest absolute Gasteiger partial charge is 0.374 e. The average Bonchev–Trinajstić information content (AvgIpc) is 3.52. The van der Waals surface area contributed by atoms with Crippen LogP contribution in [0, 0.1) is 0 Å². The Labute approximate surface area is 215 Å². The highest BCUT2D eigenvalue weighted by molar-refractivity contribution is 7.86. The highest BCUT2D eigenvalue weighted by Crippen LogP contribution is 2.51. The molecule has 1 fully saturated rings. The molecule has 0 radical (unpaired) electrons. The van der Waals surface area contributed by atoms with Gasteiger partial charge in [0.15, 0.2) is 18.0 Å². The Morgan fingerprint density at radius 3 is 2.57 bits per heavy atom. The number of fused-ring (bicyclic) bond motifs is 3. The molecule has 2 aliphatic rings. The maximum atomic E-state index is 12.3. The normalized spacial score (nSPS) is 22.9. The van der Waals surface area contributed by atoms with Crippen LogP contribution in [0.2, 0.25) is 0 Å². The number of oxazole rings is 1. The number of unbranched alkanes of at least 4 members (excludes halogenated alkanes) is 1. The molecule has 2 atom stereocenters. The molecule has 0 amide bonds. The maximum Gasteiger partial charge on any atom is 0.374 e. The van der Waals surface area contributed by atoms with Gasteiger partial charge >= 0.3 is 21.9 Å². The second kappa shape index (κ2) is 9.69. The monoisotopic (exact) mass is 548 g/mol. The quantitative estimate of drug-likeness (QED) is 0.189. The van der Waals surface area contributed by atoms with Crippen molar-refractivity contribution in [2.75, 3.05) is 12.3 Å².